The van der Waals surface area contributed by atoms with Crippen LogP contribution in [0.15, 0.2) is 156 Å². The van der Waals surface area contributed by atoms with Gasteiger partial charge in [0.15, 0.2) is 0 Å². The van der Waals surface area contributed by atoms with Gasteiger partial charge in [0.2, 0.25) is 0 Å². The van der Waals surface area contributed by atoms with Gasteiger partial charge in [0.05, 0.1) is 16.7 Å². The SMILES string of the molecule is Cc1ccc(N(c2ccc(-c3ccccc3-n3c4ccc(C)cc4c4cc(C)ccc43)cc2)c2ccc3oc4ccccc4c3c2)cc1. The van der Waals surface area contributed by atoms with Gasteiger partial charge in [0, 0.05) is 44.2 Å². The highest BCUT2D eigenvalue weighted by Gasteiger charge is 2.18. The third kappa shape index (κ3) is 4.58. The molecule has 0 saturated heterocycles. The summed E-state index contributed by atoms with van der Waals surface area (Å²) in [5.41, 5.74) is 14.8. The molecule has 0 saturated carbocycles. The molecule has 0 aliphatic rings. The average molecular weight is 619 g/mol. The van der Waals surface area contributed by atoms with Crippen molar-refractivity contribution in [1.82, 2.24) is 4.57 Å². The minimum Gasteiger partial charge on any atom is -0.456 e. The standard InChI is InChI=1S/C45H34N2O/c1-29-12-18-33(19-13-29)46(35-22-25-45-40(28-35)37-9-5-7-11-44(37)48-45)34-20-16-32(17-21-34)36-8-4-6-10-41(36)47-42-23-14-30(2)26-38(42)39-27-31(3)15-24-43(39)47/h4-28H,1-3H3. The Morgan fingerprint density at radius 1 is 0.438 bits per heavy atom. The summed E-state index contributed by atoms with van der Waals surface area (Å²) in [6.07, 6.45) is 0. The highest BCUT2D eigenvalue weighted by atomic mass is 16.3. The van der Waals surface area contributed by atoms with E-state index in [9.17, 15) is 0 Å². The van der Waals surface area contributed by atoms with Gasteiger partial charge in [-0.2, -0.15) is 0 Å². The molecule has 2 aromatic heterocycles. The van der Waals surface area contributed by atoms with Gasteiger partial charge in [-0.25, -0.2) is 0 Å². The normalized spacial score (nSPS) is 11.6. The number of nitrogens with zero attached hydrogens (tertiary/aromatic N) is 2. The zero-order valence-electron chi connectivity index (χ0n) is 27.2. The van der Waals surface area contributed by atoms with Crippen molar-refractivity contribution in [2.45, 2.75) is 20.8 Å². The smallest absolute Gasteiger partial charge is 0.135 e. The Balaban J connectivity index is 1.18. The summed E-state index contributed by atoms with van der Waals surface area (Å²) in [4.78, 5) is 2.33. The lowest BCUT2D eigenvalue weighted by Crippen LogP contribution is -2.09. The summed E-state index contributed by atoms with van der Waals surface area (Å²) >= 11 is 0. The molecule has 7 aromatic carbocycles. The lowest BCUT2D eigenvalue weighted by atomic mass is 10.0. The largest absolute Gasteiger partial charge is 0.456 e. The number of hydrogen-bond donors (Lipinski definition) is 0. The molecule has 3 nitrogen and oxygen atoms in total. The van der Waals surface area contributed by atoms with Crippen LogP contribution in [0, 0.1) is 20.8 Å². The molecule has 0 aliphatic heterocycles. The lowest BCUT2D eigenvalue weighted by Gasteiger charge is -2.26. The highest BCUT2D eigenvalue weighted by Crippen LogP contribution is 2.41. The number of para-hydroxylation sites is 2. The number of aryl methyl sites for hydroxylation is 3. The molecular formula is C45H34N2O. The Morgan fingerprint density at radius 2 is 1.00 bits per heavy atom. The highest BCUT2D eigenvalue weighted by molar-refractivity contribution is 6.10. The van der Waals surface area contributed by atoms with Crippen LogP contribution in [0.3, 0.4) is 0 Å². The second-order valence-corrected chi connectivity index (χ2v) is 12.9. The van der Waals surface area contributed by atoms with Gasteiger partial charge < -0.3 is 13.9 Å². The van der Waals surface area contributed by atoms with Gasteiger partial charge in [-0.15, -0.1) is 0 Å². The van der Waals surface area contributed by atoms with Crippen LogP contribution >= 0.6 is 0 Å². The summed E-state index contributed by atoms with van der Waals surface area (Å²) in [6.45, 7) is 6.47. The van der Waals surface area contributed by atoms with E-state index in [1.807, 2.05) is 12.1 Å². The fourth-order valence-electron chi connectivity index (χ4n) is 7.21. The van der Waals surface area contributed by atoms with Crippen LogP contribution in [0.1, 0.15) is 16.7 Å². The van der Waals surface area contributed by atoms with Crippen molar-refractivity contribution in [2.24, 2.45) is 0 Å². The summed E-state index contributed by atoms with van der Waals surface area (Å²) in [5.74, 6) is 0. The molecule has 9 rings (SSSR count). The van der Waals surface area contributed by atoms with Gasteiger partial charge in [0.1, 0.15) is 11.2 Å². The number of hydrogen-bond acceptors (Lipinski definition) is 2. The van der Waals surface area contributed by atoms with E-state index >= 15 is 0 Å². The maximum Gasteiger partial charge on any atom is 0.135 e. The molecule has 3 heteroatoms. The van der Waals surface area contributed by atoms with E-state index in [1.165, 1.54) is 55.3 Å². The van der Waals surface area contributed by atoms with Gasteiger partial charge in [-0.3, -0.25) is 0 Å². The fourth-order valence-corrected chi connectivity index (χ4v) is 7.21. The van der Waals surface area contributed by atoms with E-state index < -0.39 is 0 Å². The lowest BCUT2D eigenvalue weighted by molar-refractivity contribution is 0.669. The molecule has 0 N–H and O–H groups in total. The number of furan rings is 1. The molecule has 48 heavy (non-hydrogen) atoms. The van der Waals surface area contributed by atoms with E-state index in [-0.39, 0.29) is 0 Å². The summed E-state index contributed by atoms with van der Waals surface area (Å²) in [7, 11) is 0. The molecule has 0 amide bonds. The van der Waals surface area contributed by atoms with E-state index in [1.54, 1.807) is 0 Å². The molecule has 9 aromatic rings. The third-order valence-corrected chi connectivity index (χ3v) is 9.57. The van der Waals surface area contributed by atoms with Gasteiger partial charge in [0.25, 0.3) is 0 Å². The van der Waals surface area contributed by atoms with Crippen molar-refractivity contribution in [1.29, 1.82) is 0 Å². The molecule has 2 heterocycles. The summed E-state index contributed by atoms with van der Waals surface area (Å²) in [5, 5.41) is 4.81. The van der Waals surface area contributed by atoms with E-state index in [0.29, 0.717) is 0 Å². The van der Waals surface area contributed by atoms with E-state index in [2.05, 4.69) is 170 Å². The summed E-state index contributed by atoms with van der Waals surface area (Å²) < 4.78 is 8.59. The third-order valence-electron chi connectivity index (χ3n) is 9.57. The van der Waals surface area contributed by atoms with E-state index in [4.69, 9.17) is 4.42 Å². The quantitative estimate of drug-likeness (QED) is 0.191. The maximum atomic E-state index is 6.17. The minimum absolute atomic E-state index is 0.895. The molecule has 230 valence electrons. The molecule has 0 atom stereocenters. The van der Waals surface area contributed by atoms with Crippen LogP contribution < -0.4 is 4.90 Å². The predicted molar refractivity (Wildman–Crippen MR) is 202 cm³/mol. The molecule has 0 fully saturated rings. The number of aromatic nitrogens is 1. The average Bonchev–Trinajstić information content (AvgIpc) is 3.64. The summed E-state index contributed by atoms with van der Waals surface area (Å²) in [6, 6.07) is 54.8. The minimum atomic E-state index is 0.895. The molecule has 0 radical (unpaired) electrons. The Morgan fingerprint density at radius 3 is 1.71 bits per heavy atom. The van der Waals surface area contributed by atoms with Gasteiger partial charge in [-0.05, 0) is 105 Å². The predicted octanol–water partition coefficient (Wildman–Crippen LogP) is 12.7. The van der Waals surface area contributed by atoms with Crippen LogP contribution in [0.2, 0.25) is 0 Å². The topological polar surface area (TPSA) is 21.3 Å². The van der Waals surface area contributed by atoms with Crippen molar-refractivity contribution in [3.63, 3.8) is 0 Å². The first-order valence-electron chi connectivity index (χ1n) is 16.5. The van der Waals surface area contributed by atoms with Crippen LogP contribution in [0.5, 0.6) is 0 Å². The van der Waals surface area contributed by atoms with Crippen LogP contribution in [-0.2, 0) is 0 Å². The fraction of sp³-hybridized carbons (Fsp3) is 0.0667. The zero-order valence-corrected chi connectivity index (χ0v) is 27.2. The van der Waals surface area contributed by atoms with Crippen molar-refractivity contribution in [2.75, 3.05) is 4.90 Å². The van der Waals surface area contributed by atoms with Gasteiger partial charge >= 0.3 is 0 Å². The Bertz CT molecular complexity index is 2580. The first kappa shape index (κ1) is 28.2. The molecular weight excluding hydrogens is 585 g/mol. The Hall–Kier alpha value is -6.06. The first-order valence-corrected chi connectivity index (χ1v) is 16.5. The number of fused-ring (bicyclic) bond motifs is 6. The molecule has 0 aliphatic carbocycles. The number of benzene rings is 7. The van der Waals surface area contributed by atoms with Crippen LogP contribution in [0.25, 0.3) is 60.6 Å². The van der Waals surface area contributed by atoms with Crippen molar-refractivity contribution in [3.05, 3.63) is 168 Å². The molecule has 0 bridgehead atoms. The molecule has 0 spiro atoms. The monoisotopic (exact) mass is 618 g/mol. The number of anilines is 3. The number of rotatable bonds is 5. The Kier molecular flexibility index (Phi) is 6.48. The second-order valence-electron chi connectivity index (χ2n) is 12.9. The van der Waals surface area contributed by atoms with Crippen LogP contribution in [-0.4, -0.2) is 4.57 Å². The van der Waals surface area contributed by atoms with Crippen molar-refractivity contribution in [3.8, 4) is 16.8 Å². The molecule has 0 unspecified atom stereocenters. The zero-order chi connectivity index (χ0) is 32.4. The first-order chi connectivity index (χ1) is 23.5. The van der Waals surface area contributed by atoms with Gasteiger partial charge in [-0.1, -0.05) is 89.5 Å². The Labute approximate surface area is 279 Å². The second kappa shape index (κ2) is 11.0. The van der Waals surface area contributed by atoms with Crippen LogP contribution in [0.4, 0.5) is 17.1 Å². The van der Waals surface area contributed by atoms with E-state index in [0.717, 1.165) is 39.0 Å². The van der Waals surface area contributed by atoms with Crippen molar-refractivity contribution >= 4 is 60.8 Å². The maximum absolute atomic E-state index is 6.17. The van der Waals surface area contributed by atoms with Crippen molar-refractivity contribution < 1.29 is 4.42 Å².